The van der Waals surface area contributed by atoms with Crippen LogP contribution in [-0.4, -0.2) is 74.4 Å². The maximum absolute atomic E-state index is 12.9. The van der Waals surface area contributed by atoms with E-state index in [1.165, 1.54) is 0 Å². The molecule has 32 heavy (non-hydrogen) atoms. The third kappa shape index (κ3) is 8.83. The van der Waals surface area contributed by atoms with Crippen LogP contribution in [0.5, 0.6) is 0 Å². The van der Waals surface area contributed by atoms with E-state index >= 15 is 0 Å². The van der Waals surface area contributed by atoms with Gasteiger partial charge in [-0.2, -0.15) is 0 Å². The zero-order chi connectivity index (χ0) is 24.5. The van der Waals surface area contributed by atoms with Crippen LogP contribution in [0.4, 0.5) is 0 Å². The average Bonchev–Trinajstić information content (AvgIpc) is 2.64. The van der Waals surface area contributed by atoms with Gasteiger partial charge in [0.2, 0.25) is 6.29 Å². The summed E-state index contributed by atoms with van der Waals surface area (Å²) in [5.41, 5.74) is 0. The molecule has 0 radical (unpaired) electrons. The van der Waals surface area contributed by atoms with Crippen molar-refractivity contribution in [1.29, 1.82) is 0 Å². The molecule has 0 aromatic rings. The first-order chi connectivity index (χ1) is 14.9. The summed E-state index contributed by atoms with van der Waals surface area (Å²) >= 11 is 0. The minimum atomic E-state index is -4.21. The number of hydrogen-bond acceptors (Lipinski definition) is 13. The summed E-state index contributed by atoms with van der Waals surface area (Å²) in [6, 6.07) is 0. The van der Waals surface area contributed by atoms with Crippen LogP contribution in [0.15, 0.2) is 0 Å². The Morgan fingerprint density at radius 2 is 1.22 bits per heavy atom. The topological polar surface area (TPSA) is 159 Å². The van der Waals surface area contributed by atoms with Gasteiger partial charge >= 0.3 is 31.7 Å². The van der Waals surface area contributed by atoms with Crippen molar-refractivity contribution in [3.63, 3.8) is 0 Å². The number of ether oxygens (including phenoxy) is 5. The van der Waals surface area contributed by atoms with Gasteiger partial charge in [0.15, 0.2) is 18.3 Å². The average molecular weight is 484 g/mol. The van der Waals surface area contributed by atoms with E-state index < -0.39 is 69.0 Å². The number of carbonyl (C=O) groups is 4. The lowest BCUT2D eigenvalue weighted by molar-refractivity contribution is -0.291. The van der Waals surface area contributed by atoms with Crippen molar-refractivity contribution >= 4 is 31.7 Å². The van der Waals surface area contributed by atoms with Gasteiger partial charge in [-0.25, -0.2) is 4.57 Å². The first-order valence-electron chi connectivity index (χ1n) is 9.80. The van der Waals surface area contributed by atoms with Crippen LogP contribution in [0.3, 0.4) is 0 Å². The van der Waals surface area contributed by atoms with Crippen LogP contribution in [0.1, 0.15) is 41.5 Å². The highest BCUT2D eigenvalue weighted by molar-refractivity contribution is 7.48. The molecule has 0 aromatic carbocycles. The highest BCUT2D eigenvalue weighted by Gasteiger charge is 2.54. The number of phosphoric ester groups is 1. The van der Waals surface area contributed by atoms with Crippen molar-refractivity contribution < 1.29 is 61.0 Å². The molecule has 1 heterocycles. The molecule has 1 aliphatic heterocycles. The molecule has 0 bridgehead atoms. The largest absolute Gasteiger partial charge is 0.477 e. The normalized spacial score (nSPS) is 25.5. The third-order valence-electron chi connectivity index (χ3n) is 3.76. The lowest BCUT2D eigenvalue weighted by Crippen LogP contribution is -2.62. The Morgan fingerprint density at radius 1 is 0.750 bits per heavy atom. The number of esters is 4. The summed E-state index contributed by atoms with van der Waals surface area (Å²) in [5, 5.41) is 0. The van der Waals surface area contributed by atoms with E-state index in [1.54, 1.807) is 13.8 Å². The molecule has 0 unspecified atom stereocenters. The molecule has 0 spiro atoms. The fourth-order valence-corrected chi connectivity index (χ4v) is 4.07. The van der Waals surface area contributed by atoms with Crippen LogP contribution in [0, 0.1) is 0 Å². The molecule has 1 fully saturated rings. The minimum absolute atomic E-state index is 0.0530. The number of rotatable bonds is 11. The summed E-state index contributed by atoms with van der Waals surface area (Å²) in [5.74, 6) is -3.09. The van der Waals surface area contributed by atoms with E-state index in [1.807, 2.05) is 0 Å². The van der Waals surface area contributed by atoms with Gasteiger partial charge < -0.3 is 23.7 Å². The smallest absolute Gasteiger partial charge is 0.463 e. The Morgan fingerprint density at radius 3 is 1.66 bits per heavy atom. The molecule has 0 amide bonds. The summed E-state index contributed by atoms with van der Waals surface area (Å²) in [6.45, 7) is 6.91. The monoisotopic (exact) mass is 484 g/mol. The van der Waals surface area contributed by atoms with Gasteiger partial charge in [-0.15, -0.1) is 0 Å². The van der Waals surface area contributed by atoms with Crippen molar-refractivity contribution in [3.8, 4) is 0 Å². The van der Waals surface area contributed by atoms with Crippen molar-refractivity contribution in [1.82, 2.24) is 0 Å². The van der Waals surface area contributed by atoms with Gasteiger partial charge in [0.25, 0.3) is 0 Å². The first kappa shape index (κ1) is 28.0. The molecule has 1 saturated heterocycles. The van der Waals surface area contributed by atoms with E-state index in [4.69, 9.17) is 37.3 Å². The molecule has 0 N–H and O–H groups in total. The number of carbonyl (C=O) groups excluding carboxylic acids is 4. The molecule has 13 nitrogen and oxygen atoms in total. The van der Waals surface area contributed by atoms with Gasteiger partial charge in [0, 0.05) is 27.7 Å². The quantitative estimate of drug-likeness (QED) is 0.234. The maximum Gasteiger partial charge on any atom is 0.477 e. The standard InChI is InChI=1S/C18H29O13P/c1-7-25-32(23,26-8-2)31-18-17(29-13(6)22)16(28-12(5)21)15(27-11(4)20)14(30-18)9-24-10(3)19/h14-18H,7-9H2,1-6H3/t14-,15-,16+,17+,18-/m1/s1. The molecule has 5 atom stereocenters. The first-order valence-corrected chi connectivity index (χ1v) is 11.3. The van der Waals surface area contributed by atoms with Gasteiger partial charge in [-0.3, -0.25) is 32.7 Å². The summed E-state index contributed by atoms with van der Waals surface area (Å²) in [7, 11) is -4.21. The van der Waals surface area contributed by atoms with Crippen molar-refractivity contribution in [3.05, 3.63) is 0 Å². The van der Waals surface area contributed by atoms with Crippen LogP contribution in [-0.2, 0) is 61.0 Å². The number of hydrogen-bond donors (Lipinski definition) is 0. The fourth-order valence-electron chi connectivity index (χ4n) is 2.82. The molecule has 1 aliphatic rings. The number of phosphoric acid groups is 1. The molecule has 184 valence electrons. The summed E-state index contributed by atoms with van der Waals surface area (Å²) in [4.78, 5) is 46.5. The fraction of sp³-hybridized carbons (Fsp3) is 0.778. The summed E-state index contributed by atoms with van der Waals surface area (Å²) in [6.07, 6.45) is -7.28. The van der Waals surface area contributed by atoms with Gasteiger partial charge in [0.05, 0.1) is 13.2 Å². The van der Waals surface area contributed by atoms with Crippen LogP contribution < -0.4 is 0 Å². The zero-order valence-corrected chi connectivity index (χ0v) is 19.7. The second kappa shape index (κ2) is 12.9. The summed E-state index contributed by atoms with van der Waals surface area (Å²) < 4.78 is 54.8. The SMILES string of the molecule is CCOP(=O)(OCC)O[C@H]1O[C@H](COC(C)=O)[C@@H](OC(C)=O)[C@H](OC(C)=O)[C@@H]1OC(C)=O. The lowest BCUT2D eigenvalue weighted by atomic mass is 9.98. The molecule has 14 heteroatoms. The highest BCUT2D eigenvalue weighted by Crippen LogP contribution is 2.52. The Kier molecular flexibility index (Phi) is 11.2. The van der Waals surface area contributed by atoms with E-state index in [9.17, 15) is 23.7 Å². The van der Waals surface area contributed by atoms with Gasteiger partial charge in [-0.1, -0.05) is 0 Å². The van der Waals surface area contributed by atoms with E-state index in [0.29, 0.717) is 0 Å². The van der Waals surface area contributed by atoms with E-state index in [0.717, 1.165) is 27.7 Å². The predicted molar refractivity (Wildman–Crippen MR) is 104 cm³/mol. The maximum atomic E-state index is 12.9. The van der Waals surface area contributed by atoms with Gasteiger partial charge in [-0.05, 0) is 13.8 Å². The van der Waals surface area contributed by atoms with Crippen LogP contribution >= 0.6 is 7.82 Å². The van der Waals surface area contributed by atoms with Crippen molar-refractivity contribution in [2.24, 2.45) is 0 Å². The van der Waals surface area contributed by atoms with Crippen molar-refractivity contribution in [2.45, 2.75) is 72.2 Å². The molecule has 0 aliphatic carbocycles. The second-order valence-electron chi connectivity index (χ2n) is 6.46. The van der Waals surface area contributed by atoms with Crippen molar-refractivity contribution in [2.75, 3.05) is 19.8 Å². The highest BCUT2D eigenvalue weighted by atomic mass is 31.2. The van der Waals surface area contributed by atoms with E-state index in [2.05, 4.69) is 0 Å². The Balaban J connectivity index is 3.43. The van der Waals surface area contributed by atoms with Crippen LogP contribution in [0.2, 0.25) is 0 Å². The Labute approximate surface area is 185 Å². The molecular weight excluding hydrogens is 455 g/mol. The molecule has 1 rings (SSSR count). The van der Waals surface area contributed by atoms with E-state index in [-0.39, 0.29) is 13.2 Å². The predicted octanol–water partition coefficient (Wildman–Crippen LogP) is 1.27. The minimum Gasteiger partial charge on any atom is -0.463 e. The lowest BCUT2D eigenvalue weighted by Gasteiger charge is -2.44. The Bertz CT molecular complexity index is 714. The molecule has 0 aromatic heterocycles. The molecular formula is C18H29O13P. The zero-order valence-electron chi connectivity index (χ0n) is 18.8. The van der Waals surface area contributed by atoms with Gasteiger partial charge in [0.1, 0.15) is 12.7 Å². The second-order valence-corrected chi connectivity index (χ2v) is 8.08. The Hall–Kier alpha value is -2.05. The third-order valence-corrected chi connectivity index (χ3v) is 5.37. The molecule has 0 saturated carbocycles. The van der Waals surface area contributed by atoms with Crippen LogP contribution in [0.25, 0.3) is 0 Å².